The number of anilines is 1. The predicted molar refractivity (Wildman–Crippen MR) is 57.1 cm³/mol. The second kappa shape index (κ2) is 4.86. The van der Waals surface area contributed by atoms with Crippen molar-refractivity contribution in [3.63, 3.8) is 0 Å². The number of carbonyl (C=O) groups excluding carboxylic acids is 1. The number of amides is 1. The molecule has 1 N–H and O–H groups in total. The van der Waals surface area contributed by atoms with Gasteiger partial charge in [-0.3, -0.25) is 4.79 Å². The topological polar surface area (TPSA) is 38.3 Å². The number of carbonyl (C=O) groups is 1. The number of hydrogen-bond acceptors (Lipinski definition) is 2. The van der Waals surface area contributed by atoms with Gasteiger partial charge in [0.2, 0.25) is 5.91 Å². The van der Waals surface area contributed by atoms with Crippen molar-refractivity contribution >= 4 is 23.2 Å². The van der Waals surface area contributed by atoms with Gasteiger partial charge in [0, 0.05) is 0 Å². The average molecular weight is 214 g/mol. The Kier molecular flexibility index (Phi) is 3.77. The molecule has 0 aliphatic rings. The maximum absolute atomic E-state index is 11.1. The van der Waals surface area contributed by atoms with Crippen molar-refractivity contribution in [1.82, 2.24) is 0 Å². The number of alkyl halides is 1. The van der Waals surface area contributed by atoms with Crippen LogP contribution >= 0.6 is 11.6 Å². The lowest BCUT2D eigenvalue weighted by atomic mass is 10.2. The first kappa shape index (κ1) is 10.9. The molecule has 1 rings (SSSR count). The SMILES string of the molecule is COc1c(C)cccc1NC(=O)CCl. The standard InChI is InChI=1S/C10H12ClNO2/c1-7-4-3-5-8(10(7)14-2)12-9(13)6-11/h3-5H,6H2,1-2H3,(H,12,13). The molecule has 0 radical (unpaired) electrons. The molecule has 0 atom stereocenters. The monoisotopic (exact) mass is 213 g/mol. The minimum atomic E-state index is -0.240. The molecule has 0 aliphatic heterocycles. The predicted octanol–water partition coefficient (Wildman–Crippen LogP) is 2.18. The molecule has 1 amide bonds. The zero-order valence-electron chi connectivity index (χ0n) is 8.13. The van der Waals surface area contributed by atoms with Gasteiger partial charge in [-0.1, -0.05) is 12.1 Å². The summed E-state index contributed by atoms with van der Waals surface area (Å²) in [6, 6.07) is 5.53. The number of ether oxygens (including phenoxy) is 1. The average Bonchev–Trinajstić information content (AvgIpc) is 2.18. The maximum Gasteiger partial charge on any atom is 0.239 e. The smallest absolute Gasteiger partial charge is 0.239 e. The third-order valence-corrected chi connectivity index (χ3v) is 2.05. The van der Waals surface area contributed by atoms with Crippen LogP contribution in [-0.4, -0.2) is 18.9 Å². The number of rotatable bonds is 3. The fraction of sp³-hybridized carbons (Fsp3) is 0.300. The summed E-state index contributed by atoms with van der Waals surface area (Å²) in [5.41, 5.74) is 1.62. The Balaban J connectivity index is 2.96. The number of hydrogen-bond donors (Lipinski definition) is 1. The molecule has 0 aromatic heterocycles. The highest BCUT2D eigenvalue weighted by molar-refractivity contribution is 6.29. The van der Waals surface area contributed by atoms with Crippen molar-refractivity contribution in [1.29, 1.82) is 0 Å². The molecule has 76 valence electrons. The van der Waals surface area contributed by atoms with E-state index in [2.05, 4.69) is 5.32 Å². The highest BCUT2D eigenvalue weighted by Gasteiger charge is 2.07. The molecule has 4 heteroatoms. The molecule has 0 aliphatic carbocycles. The Morgan fingerprint density at radius 1 is 1.57 bits per heavy atom. The summed E-state index contributed by atoms with van der Waals surface area (Å²) in [4.78, 5) is 11.1. The summed E-state index contributed by atoms with van der Waals surface area (Å²) in [7, 11) is 1.57. The van der Waals surface area contributed by atoms with Crippen LogP contribution in [0.3, 0.4) is 0 Å². The summed E-state index contributed by atoms with van der Waals surface area (Å²) >= 11 is 5.38. The molecular weight excluding hydrogens is 202 g/mol. The number of methoxy groups -OCH3 is 1. The van der Waals surface area contributed by atoms with Crippen LogP contribution < -0.4 is 10.1 Å². The molecular formula is C10H12ClNO2. The molecule has 0 saturated carbocycles. The van der Waals surface area contributed by atoms with Crippen LogP contribution in [0.25, 0.3) is 0 Å². The van der Waals surface area contributed by atoms with E-state index in [1.54, 1.807) is 13.2 Å². The Bertz CT molecular complexity index is 339. The molecule has 14 heavy (non-hydrogen) atoms. The van der Waals surface area contributed by atoms with Crippen molar-refractivity contribution < 1.29 is 9.53 Å². The lowest BCUT2D eigenvalue weighted by Gasteiger charge is -2.11. The summed E-state index contributed by atoms with van der Waals surface area (Å²) in [5.74, 6) is 0.374. The summed E-state index contributed by atoms with van der Waals surface area (Å²) in [5, 5.41) is 2.66. The molecule has 1 aromatic rings. The minimum Gasteiger partial charge on any atom is -0.494 e. The van der Waals surface area contributed by atoms with Gasteiger partial charge in [0.1, 0.15) is 11.6 Å². The van der Waals surface area contributed by atoms with Crippen molar-refractivity contribution in [2.75, 3.05) is 18.3 Å². The number of halogens is 1. The van der Waals surface area contributed by atoms with Crippen molar-refractivity contribution in [2.24, 2.45) is 0 Å². The van der Waals surface area contributed by atoms with Gasteiger partial charge in [0.05, 0.1) is 12.8 Å². The Hall–Kier alpha value is -1.22. The molecule has 0 bridgehead atoms. The molecule has 0 heterocycles. The van der Waals surface area contributed by atoms with E-state index in [1.807, 2.05) is 19.1 Å². The zero-order chi connectivity index (χ0) is 10.6. The van der Waals surface area contributed by atoms with Crippen molar-refractivity contribution in [3.05, 3.63) is 23.8 Å². The van der Waals surface area contributed by atoms with Crippen LogP contribution in [0.15, 0.2) is 18.2 Å². The van der Waals surface area contributed by atoms with Gasteiger partial charge >= 0.3 is 0 Å². The van der Waals surface area contributed by atoms with Crippen molar-refractivity contribution in [3.8, 4) is 5.75 Å². The third-order valence-electron chi connectivity index (χ3n) is 1.81. The van der Waals surface area contributed by atoms with Gasteiger partial charge < -0.3 is 10.1 Å². The van der Waals surface area contributed by atoms with E-state index in [1.165, 1.54) is 0 Å². The summed E-state index contributed by atoms with van der Waals surface area (Å²) < 4.78 is 5.16. The first-order valence-electron chi connectivity index (χ1n) is 4.18. The first-order chi connectivity index (χ1) is 6.69. The van der Waals surface area contributed by atoms with Crippen LogP contribution in [-0.2, 0) is 4.79 Å². The fourth-order valence-corrected chi connectivity index (χ4v) is 1.27. The largest absolute Gasteiger partial charge is 0.494 e. The molecule has 0 unspecified atom stereocenters. The maximum atomic E-state index is 11.1. The lowest BCUT2D eigenvalue weighted by Crippen LogP contribution is -2.13. The van der Waals surface area contributed by atoms with Gasteiger partial charge in [-0.05, 0) is 18.6 Å². The van der Waals surface area contributed by atoms with E-state index in [9.17, 15) is 4.79 Å². The van der Waals surface area contributed by atoms with Gasteiger partial charge in [-0.2, -0.15) is 0 Å². The van der Waals surface area contributed by atoms with Crippen LogP contribution in [0.2, 0.25) is 0 Å². The lowest BCUT2D eigenvalue weighted by molar-refractivity contribution is -0.113. The van der Waals surface area contributed by atoms with E-state index < -0.39 is 0 Å². The van der Waals surface area contributed by atoms with Crippen LogP contribution in [0, 0.1) is 6.92 Å². The Morgan fingerprint density at radius 3 is 2.86 bits per heavy atom. The highest BCUT2D eigenvalue weighted by Crippen LogP contribution is 2.27. The first-order valence-corrected chi connectivity index (χ1v) is 4.72. The van der Waals surface area contributed by atoms with Gasteiger partial charge in [-0.15, -0.1) is 11.6 Å². The molecule has 1 aromatic carbocycles. The fourth-order valence-electron chi connectivity index (χ4n) is 1.21. The van der Waals surface area contributed by atoms with Crippen LogP contribution in [0.5, 0.6) is 5.75 Å². The second-order valence-corrected chi connectivity index (χ2v) is 3.10. The van der Waals surface area contributed by atoms with Gasteiger partial charge in [-0.25, -0.2) is 0 Å². The molecule has 3 nitrogen and oxygen atoms in total. The minimum absolute atomic E-state index is 0.0584. The molecule has 0 spiro atoms. The highest BCUT2D eigenvalue weighted by atomic mass is 35.5. The van der Waals surface area contributed by atoms with E-state index in [-0.39, 0.29) is 11.8 Å². The van der Waals surface area contributed by atoms with E-state index in [0.29, 0.717) is 11.4 Å². The summed E-state index contributed by atoms with van der Waals surface area (Å²) in [6.07, 6.45) is 0. The van der Waals surface area contributed by atoms with E-state index in [4.69, 9.17) is 16.3 Å². The van der Waals surface area contributed by atoms with Gasteiger partial charge in [0.15, 0.2) is 0 Å². The zero-order valence-corrected chi connectivity index (χ0v) is 8.89. The normalized spacial score (nSPS) is 9.64. The van der Waals surface area contributed by atoms with Gasteiger partial charge in [0.25, 0.3) is 0 Å². The Morgan fingerprint density at radius 2 is 2.29 bits per heavy atom. The van der Waals surface area contributed by atoms with Crippen molar-refractivity contribution in [2.45, 2.75) is 6.92 Å². The third kappa shape index (κ3) is 2.39. The van der Waals surface area contributed by atoms with E-state index in [0.717, 1.165) is 5.56 Å². The molecule has 0 saturated heterocycles. The van der Waals surface area contributed by atoms with Crippen LogP contribution in [0.4, 0.5) is 5.69 Å². The van der Waals surface area contributed by atoms with Crippen LogP contribution in [0.1, 0.15) is 5.56 Å². The Labute approximate surface area is 88.0 Å². The second-order valence-electron chi connectivity index (χ2n) is 2.84. The number of aryl methyl sites for hydroxylation is 1. The number of benzene rings is 1. The van der Waals surface area contributed by atoms with E-state index >= 15 is 0 Å². The summed E-state index contributed by atoms with van der Waals surface area (Å²) in [6.45, 7) is 1.91. The number of nitrogens with one attached hydrogen (secondary N) is 1. The quantitative estimate of drug-likeness (QED) is 0.782. The molecule has 0 fully saturated rings. The number of para-hydroxylation sites is 1.